The first kappa shape index (κ1) is 13.9. The fourth-order valence-electron chi connectivity index (χ4n) is 1.89. The highest BCUT2D eigenvalue weighted by atomic mass is 16.1. The van der Waals surface area contributed by atoms with Gasteiger partial charge in [0.25, 0.3) is 0 Å². The van der Waals surface area contributed by atoms with Gasteiger partial charge in [0.1, 0.15) is 0 Å². The fraction of sp³-hybridized carbons (Fsp3) is 0.200. The van der Waals surface area contributed by atoms with Gasteiger partial charge in [-0.3, -0.25) is 9.48 Å². The normalized spacial score (nSPS) is 12.2. The Kier molecular flexibility index (Phi) is 4.20. The Morgan fingerprint density at radius 2 is 2.30 bits per heavy atom. The summed E-state index contributed by atoms with van der Waals surface area (Å²) in [5.74, 6) is -0.140. The third-order valence-electron chi connectivity index (χ3n) is 2.77. The maximum Gasteiger partial charge on any atom is 0.230 e. The van der Waals surface area contributed by atoms with Crippen molar-refractivity contribution < 1.29 is 4.79 Å². The molecule has 2 aromatic rings. The van der Waals surface area contributed by atoms with Crippen LogP contribution in [0.15, 0.2) is 48.3 Å². The van der Waals surface area contributed by atoms with Gasteiger partial charge in [-0.05, 0) is 31.2 Å². The number of benzene rings is 1. The average Bonchev–Trinajstić information content (AvgIpc) is 2.75. The third-order valence-corrected chi connectivity index (χ3v) is 2.77. The molecule has 0 aliphatic carbocycles. The molecule has 3 N–H and O–H groups in total. The second-order valence-electron chi connectivity index (χ2n) is 4.57. The van der Waals surface area contributed by atoms with Crippen LogP contribution in [0.5, 0.6) is 0 Å². The molecule has 1 heterocycles. The first-order valence-corrected chi connectivity index (χ1v) is 6.39. The number of aryl methyl sites for hydroxylation is 1. The summed E-state index contributed by atoms with van der Waals surface area (Å²) in [6.07, 6.45) is 7.49. The fourth-order valence-corrected chi connectivity index (χ4v) is 1.89. The zero-order valence-corrected chi connectivity index (χ0v) is 11.6. The molecular weight excluding hydrogens is 252 g/mol. The van der Waals surface area contributed by atoms with Crippen LogP contribution in [0.3, 0.4) is 0 Å². The smallest absolute Gasteiger partial charge is 0.230 e. The molecule has 1 aromatic carbocycles. The van der Waals surface area contributed by atoms with Crippen LogP contribution < -0.4 is 11.1 Å². The molecule has 5 heteroatoms. The minimum atomic E-state index is -0.140. The number of hydrogen-bond acceptors (Lipinski definition) is 3. The molecule has 0 radical (unpaired) electrons. The number of nitrogens with one attached hydrogen (secondary N) is 1. The van der Waals surface area contributed by atoms with E-state index in [0.717, 1.165) is 16.6 Å². The Bertz CT molecular complexity index is 682. The van der Waals surface area contributed by atoms with Crippen molar-refractivity contribution in [2.24, 2.45) is 12.8 Å². The second kappa shape index (κ2) is 6.06. The monoisotopic (exact) mass is 270 g/mol. The topological polar surface area (TPSA) is 72.9 Å². The Hall–Kier alpha value is -2.56. The van der Waals surface area contributed by atoms with Gasteiger partial charge in [0, 0.05) is 30.0 Å². The number of allylic oxidation sites excluding steroid dienone is 3. The van der Waals surface area contributed by atoms with Crippen molar-refractivity contribution in [2.75, 3.05) is 5.32 Å². The minimum Gasteiger partial charge on any atom is -0.402 e. The maximum absolute atomic E-state index is 11.8. The lowest BCUT2D eigenvalue weighted by molar-refractivity contribution is -0.115. The molecule has 0 aliphatic rings. The number of amides is 1. The lowest BCUT2D eigenvalue weighted by Gasteiger charge is -2.05. The maximum atomic E-state index is 11.8. The number of carbonyl (C=O) groups excluding carboxylic acids is 1. The highest BCUT2D eigenvalue weighted by Crippen LogP contribution is 2.17. The summed E-state index contributed by atoms with van der Waals surface area (Å²) in [5.41, 5.74) is 7.84. The number of nitrogens with zero attached hydrogens (tertiary/aromatic N) is 2. The van der Waals surface area contributed by atoms with E-state index in [2.05, 4.69) is 10.4 Å². The molecule has 0 bridgehead atoms. The predicted molar refractivity (Wildman–Crippen MR) is 81.0 cm³/mol. The number of hydrogen-bond donors (Lipinski definition) is 2. The van der Waals surface area contributed by atoms with E-state index in [4.69, 9.17) is 5.73 Å². The largest absolute Gasteiger partial charge is 0.402 e. The first-order chi connectivity index (χ1) is 9.58. The van der Waals surface area contributed by atoms with Crippen molar-refractivity contribution in [1.82, 2.24) is 9.78 Å². The van der Waals surface area contributed by atoms with Crippen molar-refractivity contribution in [3.05, 3.63) is 48.3 Å². The Balaban J connectivity index is 2.05. The molecule has 5 nitrogen and oxygen atoms in total. The summed E-state index contributed by atoms with van der Waals surface area (Å²) >= 11 is 0. The number of nitrogens with two attached hydrogens (primary N) is 1. The number of fused-ring (bicyclic) bond motifs is 1. The van der Waals surface area contributed by atoms with E-state index in [-0.39, 0.29) is 12.3 Å². The van der Waals surface area contributed by atoms with Crippen LogP contribution in [-0.4, -0.2) is 15.7 Å². The molecule has 1 aromatic heterocycles. The summed E-state index contributed by atoms with van der Waals surface area (Å²) < 4.78 is 1.74. The van der Waals surface area contributed by atoms with Crippen LogP contribution in [0.1, 0.15) is 13.3 Å². The Morgan fingerprint density at radius 3 is 3.05 bits per heavy atom. The SMILES string of the molecule is C/C=C\C=C(\N)CC(=O)Nc1ccc2cn(C)nc2c1. The van der Waals surface area contributed by atoms with E-state index in [1.165, 1.54) is 0 Å². The summed E-state index contributed by atoms with van der Waals surface area (Å²) in [4.78, 5) is 11.8. The van der Waals surface area contributed by atoms with Gasteiger partial charge in [0.05, 0.1) is 11.9 Å². The summed E-state index contributed by atoms with van der Waals surface area (Å²) in [5, 5.41) is 8.16. The van der Waals surface area contributed by atoms with Gasteiger partial charge in [-0.15, -0.1) is 0 Å². The first-order valence-electron chi connectivity index (χ1n) is 6.39. The van der Waals surface area contributed by atoms with Gasteiger partial charge in [-0.25, -0.2) is 0 Å². The van der Waals surface area contributed by atoms with Crippen LogP contribution in [0.4, 0.5) is 5.69 Å². The molecule has 104 valence electrons. The Labute approximate surface area is 117 Å². The number of carbonyl (C=O) groups is 1. The minimum absolute atomic E-state index is 0.140. The number of aromatic nitrogens is 2. The van der Waals surface area contributed by atoms with E-state index in [1.807, 2.05) is 50.5 Å². The van der Waals surface area contributed by atoms with Gasteiger partial charge in [0.2, 0.25) is 5.91 Å². The molecule has 0 spiro atoms. The molecule has 2 rings (SSSR count). The number of anilines is 1. The van der Waals surface area contributed by atoms with Gasteiger partial charge in [0.15, 0.2) is 0 Å². The molecule has 1 amide bonds. The van der Waals surface area contributed by atoms with Crippen molar-refractivity contribution in [3.8, 4) is 0 Å². The van der Waals surface area contributed by atoms with Crippen molar-refractivity contribution in [3.63, 3.8) is 0 Å². The molecule has 0 unspecified atom stereocenters. The predicted octanol–water partition coefficient (Wildman–Crippen LogP) is 2.32. The van der Waals surface area contributed by atoms with E-state index >= 15 is 0 Å². The second-order valence-corrected chi connectivity index (χ2v) is 4.57. The lowest BCUT2D eigenvalue weighted by atomic mass is 10.2. The quantitative estimate of drug-likeness (QED) is 0.837. The number of rotatable bonds is 4. The zero-order valence-electron chi connectivity index (χ0n) is 11.6. The standard InChI is InChI=1S/C15H18N4O/c1-3-4-5-12(16)8-15(20)17-13-7-6-11-10-19(2)18-14(11)9-13/h3-7,9-10H,8,16H2,1-2H3,(H,17,20)/b4-3-,12-5+. The third kappa shape index (κ3) is 3.47. The van der Waals surface area contributed by atoms with Crippen LogP contribution in [-0.2, 0) is 11.8 Å². The van der Waals surface area contributed by atoms with E-state index in [0.29, 0.717) is 5.70 Å². The summed E-state index contributed by atoms with van der Waals surface area (Å²) in [6, 6.07) is 5.63. The summed E-state index contributed by atoms with van der Waals surface area (Å²) in [7, 11) is 1.87. The van der Waals surface area contributed by atoms with Crippen molar-refractivity contribution in [1.29, 1.82) is 0 Å². The zero-order chi connectivity index (χ0) is 14.5. The molecule has 0 atom stereocenters. The van der Waals surface area contributed by atoms with Crippen LogP contribution in [0.25, 0.3) is 10.9 Å². The molecule has 0 saturated heterocycles. The highest BCUT2D eigenvalue weighted by molar-refractivity contribution is 5.94. The molecule has 20 heavy (non-hydrogen) atoms. The van der Waals surface area contributed by atoms with Gasteiger partial charge in [-0.2, -0.15) is 5.10 Å². The highest BCUT2D eigenvalue weighted by Gasteiger charge is 2.05. The lowest BCUT2D eigenvalue weighted by Crippen LogP contribution is -2.15. The van der Waals surface area contributed by atoms with E-state index in [1.54, 1.807) is 10.8 Å². The average molecular weight is 270 g/mol. The summed E-state index contributed by atoms with van der Waals surface area (Å²) in [6.45, 7) is 1.89. The molecule has 0 fully saturated rings. The van der Waals surface area contributed by atoms with E-state index < -0.39 is 0 Å². The molecule has 0 aliphatic heterocycles. The van der Waals surface area contributed by atoms with Crippen molar-refractivity contribution in [2.45, 2.75) is 13.3 Å². The van der Waals surface area contributed by atoms with Crippen LogP contribution in [0.2, 0.25) is 0 Å². The Morgan fingerprint density at radius 1 is 1.50 bits per heavy atom. The van der Waals surface area contributed by atoms with Crippen LogP contribution in [0, 0.1) is 0 Å². The van der Waals surface area contributed by atoms with E-state index in [9.17, 15) is 4.79 Å². The molecule has 0 saturated carbocycles. The molecular formula is C15H18N4O. The van der Waals surface area contributed by atoms with Gasteiger partial charge >= 0.3 is 0 Å². The van der Waals surface area contributed by atoms with Gasteiger partial charge < -0.3 is 11.1 Å². The van der Waals surface area contributed by atoms with Crippen LogP contribution >= 0.6 is 0 Å². The van der Waals surface area contributed by atoms with Crippen molar-refractivity contribution >= 4 is 22.5 Å². The van der Waals surface area contributed by atoms with Gasteiger partial charge in [-0.1, -0.05) is 12.2 Å².